The molecule has 0 aromatic rings. The van der Waals surface area contributed by atoms with E-state index in [-0.39, 0.29) is 5.97 Å². The van der Waals surface area contributed by atoms with E-state index in [1.165, 1.54) is 39.0 Å². The highest BCUT2D eigenvalue weighted by molar-refractivity contribution is 6.29. The minimum Gasteiger partial charge on any atom is -0.466 e. The van der Waals surface area contributed by atoms with Gasteiger partial charge in [-0.25, -0.2) is 0 Å². The normalized spacial score (nSPS) is 10.2. The highest BCUT2D eigenvalue weighted by Gasteiger charge is 1.95. The third-order valence-corrected chi connectivity index (χ3v) is 2.84. The van der Waals surface area contributed by atoms with Crippen molar-refractivity contribution in [3.8, 4) is 0 Å². The Morgan fingerprint density at radius 2 is 1.47 bits per heavy atom. The van der Waals surface area contributed by atoms with Gasteiger partial charge in [-0.3, -0.25) is 4.79 Å². The number of carbonyl (C=O) groups is 1. The van der Waals surface area contributed by atoms with Gasteiger partial charge in [-0.1, -0.05) is 56.7 Å². The average molecular weight is 261 g/mol. The van der Waals surface area contributed by atoms with Crippen molar-refractivity contribution in [2.45, 2.75) is 64.7 Å². The van der Waals surface area contributed by atoms with E-state index in [0.717, 1.165) is 30.7 Å². The molecule has 0 N–H and O–H groups in total. The Morgan fingerprint density at radius 1 is 1.00 bits per heavy atom. The average Bonchev–Trinajstić information content (AvgIpc) is 2.25. The molecule has 3 heteroatoms. The van der Waals surface area contributed by atoms with E-state index in [2.05, 4.69) is 6.58 Å². The molecule has 17 heavy (non-hydrogen) atoms. The highest BCUT2D eigenvalue weighted by atomic mass is 35.5. The number of esters is 1. The van der Waals surface area contributed by atoms with Gasteiger partial charge in [0.1, 0.15) is 0 Å². The number of rotatable bonds is 11. The number of hydrogen-bond donors (Lipinski definition) is 0. The van der Waals surface area contributed by atoms with Crippen molar-refractivity contribution in [3.63, 3.8) is 0 Å². The van der Waals surface area contributed by atoms with Gasteiger partial charge in [-0.05, 0) is 19.3 Å². The Kier molecular flexibility index (Phi) is 11.6. The van der Waals surface area contributed by atoms with Crippen LogP contribution in [0.15, 0.2) is 11.6 Å². The summed E-state index contributed by atoms with van der Waals surface area (Å²) in [6.07, 6.45) is 10.6. The quantitative estimate of drug-likeness (QED) is 0.394. The van der Waals surface area contributed by atoms with Crippen LogP contribution in [0.4, 0.5) is 0 Å². The van der Waals surface area contributed by atoms with Crippen molar-refractivity contribution < 1.29 is 9.53 Å². The van der Waals surface area contributed by atoms with E-state index >= 15 is 0 Å². The molecule has 0 heterocycles. The Bertz CT molecular complexity index is 192. The fraction of sp³-hybridized carbons (Fsp3) is 0.786. The van der Waals surface area contributed by atoms with E-state index in [0.29, 0.717) is 6.61 Å². The summed E-state index contributed by atoms with van der Waals surface area (Å²) in [5, 5.41) is 0.774. The van der Waals surface area contributed by atoms with Crippen LogP contribution in [0.25, 0.3) is 0 Å². The molecule has 0 rings (SSSR count). The minimum absolute atomic E-state index is 0.175. The van der Waals surface area contributed by atoms with Crippen LogP contribution in [-0.4, -0.2) is 12.6 Å². The van der Waals surface area contributed by atoms with Crippen molar-refractivity contribution in [2.75, 3.05) is 6.61 Å². The largest absolute Gasteiger partial charge is 0.466 e. The Balaban J connectivity index is 2.98. The number of allylic oxidation sites excluding steroid dienone is 1. The molecular weight excluding hydrogens is 236 g/mol. The first-order valence-electron chi connectivity index (χ1n) is 6.59. The van der Waals surface area contributed by atoms with Crippen LogP contribution in [-0.2, 0) is 9.53 Å². The van der Waals surface area contributed by atoms with E-state index in [4.69, 9.17) is 16.3 Å². The first-order chi connectivity index (χ1) is 8.13. The third kappa shape index (κ3) is 15.5. The molecule has 100 valence electrons. The van der Waals surface area contributed by atoms with Gasteiger partial charge in [0, 0.05) is 12.0 Å². The van der Waals surface area contributed by atoms with Crippen molar-refractivity contribution in [3.05, 3.63) is 11.6 Å². The number of carbonyl (C=O) groups excluding carboxylic acids is 1. The molecule has 0 saturated carbocycles. The van der Waals surface area contributed by atoms with Gasteiger partial charge in [0.25, 0.3) is 0 Å². The van der Waals surface area contributed by atoms with Gasteiger partial charge >= 0.3 is 5.97 Å². The number of hydrogen-bond acceptors (Lipinski definition) is 2. The predicted molar refractivity (Wildman–Crippen MR) is 73.2 cm³/mol. The molecule has 0 aliphatic carbocycles. The molecule has 0 aromatic heterocycles. The van der Waals surface area contributed by atoms with Gasteiger partial charge in [-0.15, -0.1) is 0 Å². The van der Waals surface area contributed by atoms with Crippen LogP contribution in [0.5, 0.6) is 0 Å². The summed E-state index contributed by atoms with van der Waals surface area (Å²) in [5.41, 5.74) is 0. The maximum Gasteiger partial charge on any atom is 0.302 e. The van der Waals surface area contributed by atoms with Crippen molar-refractivity contribution in [2.24, 2.45) is 0 Å². The van der Waals surface area contributed by atoms with Crippen LogP contribution in [0.3, 0.4) is 0 Å². The molecule has 0 spiro atoms. The summed E-state index contributed by atoms with van der Waals surface area (Å²) < 4.78 is 4.86. The molecule has 0 fully saturated rings. The molecule has 0 bridgehead atoms. The Morgan fingerprint density at radius 3 is 1.94 bits per heavy atom. The summed E-state index contributed by atoms with van der Waals surface area (Å²) >= 11 is 5.68. The molecule has 0 aliphatic rings. The van der Waals surface area contributed by atoms with Crippen LogP contribution < -0.4 is 0 Å². The second-order valence-corrected chi connectivity index (χ2v) is 4.97. The molecule has 0 atom stereocenters. The molecular formula is C14H25ClO2. The lowest BCUT2D eigenvalue weighted by molar-refractivity contribution is -0.141. The number of unbranched alkanes of at least 4 members (excludes halogenated alkanes) is 7. The van der Waals surface area contributed by atoms with Crippen LogP contribution in [0.1, 0.15) is 64.7 Å². The summed E-state index contributed by atoms with van der Waals surface area (Å²) in [6.45, 7) is 5.70. The SMILES string of the molecule is C=C(Cl)CCCCCCCCCCOC(C)=O. The summed E-state index contributed by atoms with van der Waals surface area (Å²) in [6, 6.07) is 0. The molecule has 0 aliphatic heterocycles. The topological polar surface area (TPSA) is 26.3 Å². The molecule has 0 amide bonds. The zero-order chi connectivity index (χ0) is 12.9. The lowest BCUT2D eigenvalue weighted by Crippen LogP contribution is -2.00. The monoisotopic (exact) mass is 260 g/mol. The van der Waals surface area contributed by atoms with Crippen LogP contribution in [0.2, 0.25) is 0 Å². The Hall–Kier alpha value is -0.500. The Labute approximate surface area is 110 Å². The fourth-order valence-electron chi connectivity index (χ4n) is 1.70. The maximum atomic E-state index is 10.5. The molecule has 0 radical (unpaired) electrons. The lowest BCUT2D eigenvalue weighted by Gasteiger charge is -2.03. The van der Waals surface area contributed by atoms with Crippen LogP contribution in [0, 0.1) is 0 Å². The smallest absolute Gasteiger partial charge is 0.302 e. The van der Waals surface area contributed by atoms with Crippen molar-refractivity contribution in [1.29, 1.82) is 0 Å². The van der Waals surface area contributed by atoms with Gasteiger partial charge < -0.3 is 4.74 Å². The first kappa shape index (κ1) is 16.5. The third-order valence-electron chi connectivity index (χ3n) is 2.65. The molecule has 0 saturated heterocycles. The van der Waals surface area contributed by atoms with Gasteiger partial charge in [0.15, 0.2) is 0 Å². The highest BCUT2D eigenvalue weighted by Crippen LogP contribution is 2.13. The van der Waals surface area contributed by atoms with Gasteiger partial charge in [0.05, 0.1) is 6.61 Å². The zero-order valence-corrected chi connectivity index (χ0v) is 11.7. The predicted octanol–water partition coefficient (Wildman–Crippen LogP) is 4.81. The lowest BCUT2D eigenvalue weighted by atomic mass is 10.1. The van der Waals surface area contributed by atoms with E-state index in [1.54, 1.807) is 0 Å². The van der Waals surface area contributed by atoms with Gasteiger partial charge in [0.2, 0.25) is 0 Å². The zero-order valence-electron chi connectivity index (χ0n) is 11.0. The maximum absolute atomic E-state index is 10.5. The van der Waals surface area contributed by atoms with Crippen LogP contribution >= 0.6 is 11.6 Å². The van der Waals surface area contributed by atoms with Crippen molar-refractivity contribution in [1.82, 2.24) is 0 Å². The standard InChI is InChI=1S/C14H25ClO2/c1-13(15)11-9-7-5-3-4-6-8-10-12-17-14(2)16/h1,3-12H2,2H3. The molecule has 2 nitrogen and oxygen atoms in total. The van der Waals surface area contributed by atoms with Crippen molar-refractivity contribution >= 4 is 17.6 Å². The second kappa shape index (κ2) is 12.0. The van der Waals surface area contributed by atoms with E-state index < -0.39 is 0 Å². The molecule has 0 unspecified atom stereocenters. The molecule has 0 aromatic carbocycles. The van der Waals surface area contributed by atoms with E-state index in [1.807, 2.05) is 0 Å². The summed E-state index contributed by atoms with van der Waals surface area (Å²) in [4.78, 5) is 10.5. The number of ether oxygens (including phenoxy) is 1. The summed E-state index contributed by atoms with van der Waals surface area (Å²) in [5.74, 6) is -0.175. The first-order valence-corrected chi connectivity index (χ1v) is 6.97. The fourth-order valence-corrected chi connectivity index (χ4v) is 1.83. The summed E-state index contributed by atoms with van der Waals surface area (Å²) in [7, 11) is 0. The second-order valence-electron chi connectivity index (χ2n) is 4.44. The van der Waals surface area contributed by atoms with E-state index in [9.17, 15) is 4.79 Å². The minimum atomic E-state index is -0.175. The number of halogens is 1. The van der Waals surface area contributed by atoms with Gasteiger partial charge in [-0.2, -0.15) is 0 Å².